The zero-order valence-electron chi connectivity index (χ0n) is 13.4. The van der Waals surface area contributed by atoms with Gasteiger partial charge in [-0.05, 0) is 54.4 Å². The Morgan fingerprint density at radius 3 is 2.11 bits per heavy atom. The molecule has 0 saturated heterocycles. The lowest BCUT2D eigenvalue weighted by atomic mass is 10.0. The predicted octanol–water partition coefficient (Wildman–Crippen LogP) is 3.75. The van der Waals surface area contributed by atoms with Gasteiger partial charge >= 0.3 is 0 Å². The molecule has 0 aromatic carbocycles. The molecule has 0 radical (unpaired) electrons. The summed E-state index contributed by atoms with van der Waals surface area (Å²) in [6.07, 6.45) is 1.92. The minimum atomic E-state index is -0.431. The van der Waals surface area contributed by atoms with E-state index in [4.69, 9.17) is 14.2 Å². The van der Waals surface area contributed by atoms with Crippen molar-refractivity contribution in [2.45, 2.75) is 71.7 Å². The van der Waals surface area contributed by atoms with Crippen LogP contribution in [0.4, 0.5) is 4.39 Å². The van der Waals surface area contributed by atoms with Crippen LogP contribution in [-0.4, -0.2) is 43.8 Å². The molecule has 0 bridgehead atoms. The van der Waals surface area contributed by atoms with Crippen LogP contribution in [0.3, 0.4) is 0 Å². The SMILES string of the molecule is CC(CCC(C)(C)OCCF)OCCOC(C)(C)C. The minimum absolute atomic E-state index is 0.116. The van der Waals surface area contributed by atoms with Crippen molar-refractivity contribution >= 4 is 0 Å². The predicted molar refractivity (Wildman–Crippen MR) is 76.4 cm³/mol. The Bertz CT molecular complexity index is 224. The van der Waals surface area contributed by atoms with E-state index in [1.54, 1.807) is 0 Å². The Hall–Kier alpha value is -0.190. The summed E-state index contributed by atoms with van der Waals surface area (Å²) in [4.78, 5) is 0. The van der Waals surface area contributed by atoms with Gasteiger partial charge in [-0.2, -0.15) is 0 Å². The van der Waals surface area contributed by atoms with Gasteiger partial charge in [-0.25, -0.2) is 4.39 Å². The molecular weight excluding hydrogens is 247 g/mol. The summed E-state index contributed by atoms with van der Waals surface area (Å²) in [5.41, 5.74) is -0.402. The molecule has 0 N–H and O–H groups in total. The molecule has 0 heterocycles. The first-order chi connectivity index (χ1) is 8.66. The number of alkyl halides is 1. The van der Waals surface area contributed by atoms with Gasteiger partial charge in [0.2, 0.25) is 0 Å². The summed E-state index contributed by atoms with van der Waals surface area (Å²) in [7, 11) is 0. The second-order valence-corrected chi connectivity index (χ2v) is 6.48. The topological polar surface area (TPSA) is 27.7 Å². The monoisotopic (exact) mass is 278 g/mol. The molecule has 1 unspecified atom stereocenters. The third-order valence-electron chi connectivity index (χ3n) is 2.74. The number of rotatable bonds is 10. The zero-order chi connectivity index (χ0) is 14.9. The van der Waals surface area contributed by atoms with Crippen molar-refractivity contribution in [1.29, 1.82) is 0 Å². The van der Waals surface area contributed by atoms with Crippen molar-refractivity contribution in [1.82, 2.24) is 0 Å². The van der Waals surface area contributed by atoms with Gasteiger partial charge < -0.3 is 14.2 Å². The fourth-order valence-electron chi connectivity index (χ4n) is 1.62. The van der Waals surface area contributed by atoms with Crippen LogP contribution in [0, 0.1) is 0 Å². The Balaban J connectivity index is 3.66. The van der Waals surface area contributed by atoms with E-state index >= 15 is 0 Å². The molecule has 3 nitrogen and oxygen atoms in total. The van der Waals surface area contributed by atoms with Gasteiger partial charge in [-0.15, -0.1) is 0 Å². The van der Waals surface area contributed by atoms with E-state index in [2.05, 4.69) is 0 Å². The molecule has 1 atom stereocenters. The molecule has 0 spiro atoms. The highest BCUT2D eigenvalue weighted by Gasteiger charge is 2.19. The summed E-state index contributed by atoms with van der Waals surface area (Å²) < 4.78 is 28.8. The van der Waals surface area contributed by atoms with E-state index in [0.29, 0.717) is 13.2 Å². The van der Waals surface area contributed by atoms with Gasteiger partial charge in [0.1, 0.15) is 6.67 Å². The number of ether oxygens (including phenoxy) is 3. The van der Waals surface area contributed by atoms with Crippen molar-refractivity contribution < 1.29 is 18.6 Å². The molecule has 116 valence electrons. The number of hydrogen-bond donors (Lipinski definition) is 0. The number of halogens is 1. The maximum absolute atomic E-state index is 12.1. The first kappa shape index (κ1) is 18.8. The van der Waals surface area contributed by atoms with Crippen molar-refractivity contribution in [3.63, 3.8) is 0 Å². The fourth-order valence-corrected chi connectivity index (χ4v) is 1.62. The maximum Gasteiger partial charge on any atom is 0.113 e. The molecular formula is C15H31FO3. The van der Waals surface area contributed by atoms with Gasteiger partial charge in [0.15, 0.2) is 0 Å². The Morgan fingerprint density at radius 2 is 1.58 bits per heavy atom. The van der Waals surface area contributed by atoms with Crippen LogP contribution in [0.25, 0.3) is 0 Å². The van der Waals surface area contributed by atoms with Crippen molar-refractivity contribution in [2.24, 2.45) is 0 Å². The van der Waals surface area contributed by atoms with E-state index in [1.807, 2.05) is 41.5 Å². The lowest BCUT2D eigenvalue weighted by Crippen LogP contribution is -2.28. The highest BCUT2D eigenvalue weighted by Crippen LogP contribution is 2.19. The summed E-state index contributed by atoms with van der Waals surface area (Å²) in [5, 5.41) is 0. The lowest BCUT2D eigenvalue weighted by Gasteiger charge is -2.26. The molecule has 0 aliphatic heterocycles. The molecule has 0 aliphatic carbocycles. The van der Waals surface area contributed by atoms with E-state index < -0.39 is 6.67 Å². The van der Waals surface area contributed by atoms with Crippen LogP contribution < -0.4 is 0 Å². The quantitative estimate of drug-likeness (QED) is 0.570. The first-order valence-electron chi connectivity index (χ1n) is 7.12. The average Bonchev–Trinajstić information content (AvgIpc) is 2.29. The third-order valence-corrected chi connectivity index (χ3v) is 2.74. The summed E-state index contributed by atoms with van der Waals surface area (Å²) in [6.45, 7) is 13.0. The molecule has 0 rings (SSSR count). The largest absolute Gasteiger partial charge is 0.376 e. The lowest BCUT2D eigenvalue weighted by molar-refractivity contribution is -0.0617. The van der Waals surface area contributed by atoms with Crippen molar-refractivity contribution in [3.8, 4) is 0 Å². The van der Waals surface area contributed by atoms with Crippen LogP contribution in [0.15, 0.2) is 0 Å². The molecule has 0 aliphatic rings. The van der Waals surface area contributed by atoms with Gasteiger partial charge in [-0.1, -0.05) is 0 Å². The molecule has 0 aromatic rings. The van der Waals surface area contributed by atoms with Crippen LogP contribution in [0.2, 0.25) is 0 Å². The second-order valence-electron chi connectivity index (χ2n) is 6.48. The third kappa shape index (κ3) is 12.6. The molecule has 0 amide bonds. The van der Waals surface area contributed by atoms with Gasteiger partial charge in [0, 0.05) is 0 Å². The summed E-state index contributed by atoms with van der Waals surface area (Å²) >= 11 is 0. The van der Waals surface area contributed by atoms with Crippen LogP contribution in [-0.2, 0) is 14.2 Å². The fraction of sp³-hybridized carbons (Fsp3) is 1.00. The maximum atomic E-state index is 12.1. The van der Waals surface area contributed by atoms with Crippen LogP contribution >= 0.6 is 0 Å². The van der Waals surface area contributed by atoms with E-state index in [-0.39, 0.29) is 23.9 Å². The normalized spacial score (nSPS) is 14.7. The van der Waals surface area contributed by atoms with Crippen molar-refractivity contribution in [2.75, 3.05) is 26.5 Å². The Morgan fingerprint density at radius 1 is 0.947 bits per heavy atom. The second kappa shape index (κ2) is 8.88. The van der Waals surface area contributed by atoms with Gasteiger partial charge in [0.25, 0.3) is 0 Å². The zero-order valence-corrected chi connectivity index (χ0v) is 13.4. The van der Waals surface area contributed by atoms with Crippen molar-refractivity contribution in [3.05, 3.63) is 0 Å². The standard InChI is InChI=1S/C15H31FO3/c1-13(17-11-12-18-14(2,3)4)7-8-15(5,6)19-10-9-16/h13H,7-12H2,1-6H3. The highest BCUT2D eigenvalue weighted by molar-refractivity contribution is 4.70. The molecule has 0 aromatic heterocycles. The van der Waals surface area contributed by atoms with E-state index in [1.165, 1.54) is 0 Å². The van der Waals surface area contributed by atoms with E-state index in [9.17, 15) is 4.39 Å². The van der Waals surface area contributed by atoms with E-state index in [0.717, 1.165) is 12.8 Å². The average molecular weight is 278 g/mol. The van der Waals surface area contributed by atoms with Crippen LogP contribution in [0.1, 0.15) is 54.4 Å². The van der Waals surface area contributed by atoms with Gasteiger partial charge in [0.05, 0.1) is 37.1 Å². The smallest absolute Gasteiger partial charge is 0.113 e. The first-order valence-corrected chi connectivity index (χ1v) is 7.12. The molecule has 19 heavy (non-hydrogen) atoms. The highest BCUT2D eigenvalue weighted by atomic mass is 19.1. The summed E-state index contributed by atoms with van der Waals surface area (Å²) in [5.74, 6) is 0. The Kier molecular flexibility index (Phi) is 8.79. The van der Waals surface area contributed by atoms with Gasteiger partial charge in [-0.3, -0.25) is 0 Å². The molecule has 0 fully saturated rings. The number of hydrogen-bond acceptors (Lipinski definition) is 3. The minimum Gasteiger partial charge on any atom is -0.376 e. The molecule has 4 heteroatoms. The molecule has 0 saturated carbocycles. The Labute approximate surface area is 117 Å². The summed E-state index contributed by atoms with van der Waals surface area (Å²) in [6, 6.07) is 0. The van der Waals surface area contributed by atoms with Crippen LogP contribution in [0.5, 0.6) is 0 Å².